The minimum atomic E-state index is -4.05. The number of thioether (sulfide) groups is 1. The van der Waals surface area contributed by atoms with Crippen LogP contribution < -0.4 is 0 Å². The van der Waals surface area contributed by atoms with Gasteiger partial charge in [-0.1, -0.05) is 32.5 Å². The van der Waals surface area contributed by atoms with Crippen LogP contribution in [0.2, 0.25) is 0 Å². The van der Waals surface area contributed by atoms with Crippen LogP contribution >= 0.6 is 11.8 Å². The van der Waals surface area contributed by atoms with Crippen molar-refractivity contribution in [2.75, 3.05) is 11.5 Å². The molecule has 0 heterocycles. The number of rotatable bonds is 7. The molecule has 11 atom stereocenters. The molecule has 0 spiro atoms. The van der Waals surface area contributed by atoms with Crippen LogP contribution in [-0.4, -0.2) is 63.2 Å². The highest BCUT2D eigenvalue weighted by atomic mass is 32.2. The number of carbonyl (C=O) groups excluding carboxylic acids is 1. The first-order chi connectivity index (χ1) is 16.3. The Morgan fingerprint density at radius 1 is 1.06 bits per heavy atom. The summed E-state index contributed by atoms with van der Waals surface area (Å²) in [5, 5.41) is 33.2. The van der Waals surface area contributed by atoms with E-state index in [0.717, 1.165) is 50.3 Å². The maximum Gasteiger partial charge on any atom is 0.265 e. The first-order valence-electron chi connectivity index (χ1n) is 13.4. The normalized spacial score (nSPS) is 46.4. The molecule has 4 fully saturated rings. The molecule has 0 aromatic carbocycles. The molecule has 0 saturated heterocycles. The maximum absolute atomic E-state index is 12.3. The minimum absolute atomic E-state index is 0.0564. The van der Waals surface area contributed by atoms with Crippen LogP contribution in [0.25, 0.3) is 0 Å². The van der Waals surface area contributed by atoms with E-state index in [1.807, 2.05) is 0 Å². The van der Waals surface area contributed by atoms with Gasteiger partial charge in [0.15, 0.2) is 5.12 Å². The van der Waals surface area contributed by atoms with E-state index < -0.39 is 28.1 Å². The smallest absolute Gasteiger partial charge is 0.265 e. The van der Waals surface area contributed by atoms with Gasteiger partial charge in [0.1, 0.15) is 0 Å². The maximum atomic E-state index is 12.3. The van der Waals surface area contributed by atoms with Gasteiger partial charge in [-0.15, -0.1) is 0 Å². The van der Waals surface area contributed by atoms with Gasteiger partial charge in [0, 0.05) is 12.2 Å². The van der Waals surface area contributed by atoms with Gasteiger partial charge in [0.05, 0.1) is 24.1 Å². The van der Waals surface area contributed by atoms with Crippen LogP contribution in [0.3, 0.4) is 0 Å². The van der Waals surface area contributed by atoms with Crippen LogP contribution in [0, 0.1) is 46.3 Å². The summed E-state index contributed by atoms with van der Waals surface area (Å²) in [7, 11) is -4.05. The van der Waals surface area contributed by atoms with Crippen molar-refractivity contribution in [2.24, 2.45) is 46.3 Å². The molecule has 35 heavy (non-hydrogen) atoms. The predicted molar refractivity (Wildman–Crippen MR) is 136 cm³/mol. The van der Waals surface area contributed by atoms with Gasteiger partial charge in [0.25, 0.3) is 10.1 Å². The number of fused-ring (bicyclic) bond motifs is 5. The molecule has 4 rings (SSSR count). The number of hydrogen-bond acceptors (Lipinski definition) is 7. The quantitative estimate of drug-likeness (QED) is 0.366. The molecule has 9 heteroatoms. The summed E-state index contributed by atoms with van der Waals surface area (Å²) in [5.41, 5.74) is -0.235. The van der Waals surface area contributed by atoms with Gasteiger partial charge < -0.3 is 15.3 Å². The Labute approximate surface area is 214 Å². The highest BCUT2D eigenvalue weighted by Crippen LogP contribution is 2.68. The average Bonchev–Trinajstić information content (AvgIpc) is 3.12. The molecule has 0 aromatic rings. The summed E-state index contributed by atoms with van der Waals surface area (Å²) >= 11 is 0.957. The van der Waals surface area contributed by atoms with Crippen molar-refractivity contribution in [3.8, 4) is 0 Å². The van der Waals surface area contributed by atoms with E-state index >= 15 is 0 Å². The van der Waals surface area contributed by atoms with Gasteiger partial charge in [-0.2, -0.15) is 8.42 Å². The van der Waals surface area contributed by atoms with Gasteiger partial charge in [-0.25, -0.2) is 0 Å². The topological polar surface area (TPSA) is 132 Å². The van der Waals surface area contributed by atoms with Crippen molar-refractivity contribution in [2.45, 2.75) is 96.9 Å². The van der Waals surface area contributed by atoms with Crippen molar-refractivity contribution in [1.82, 2.24) is 0 Å². The number of carbonyl (C=O) groups is 1. The SMILES string of the molecule is CC(CCC(=O)SCCS(=O)(=O)O)[C@H]1CCC2C3C(C[C@H](O)[C@@]21C)[C@@]1(C)CC[C@@H](O)CC1C[C@H]3O. The lowest BCUT2D eigenvalue weighted by Crippen LogP contribution is -2.62. The van der Waals surface area contributed by atoms with Crippen LogP contribution in [0.4, 0.5) is 0 Å². The largest absolute Gasteiger partial charge is 0.393 e. The Kier molecular flexibility index (Phi) is 8.09. The first kappa shape index (κ1) is 27.8. The van der Waals surface area contributed by atoms with Gasteiger partial charge in [-0.05, 0) is 97.7 Å². The van der Waals surface area contributed by atoms with Crippen molar-refractivity contribution in [3.05, 3.63) is 0 Å². The summed E-state index contributed by atoms with van der Waals surface area (Å²) in [4.78, 5) is 12.3. The van der Waals surface area contributed by atoms with Crippen LogP contribution in [0.15, 0.2) is 0 Å². The zero-order valence-electron chi connectivity index (χ0n) is 21.3. The van der Waals surface area contributed by atoms with E-state index in [2.05, 4.69) is 20.8 Å². The lowest BCUT2D eigenvalue weighted by Gasteiger charge is -2.63. The fourth-order valence-corrected chi connectivity index (χ4v) is 10.7. The second-order valence-corrected chi connectivity index (χ2v) is 15.3. The Morgan fingerprint density at radius 2 is 1.77 bits per heavy atom. The molecular formula is C26H44O7S2. The second-order valence-electron chi connectivity index (χ2n) is 12.5. The molecule has 5 unspecified atom stereocenters. The van der Waals surface area contributed by atoms with E-state index in [9.17, 15) is 28.5 Å². The summed E-state index contributed by atoms with van der Waals surface area (Å²) < 4.78 is 30.6. The highest BCUT2D eigenvalue weighted by Gasteiger charge is 2.65. The third-order valence-corrected chi connectivity index (χ3v) is 12.8. The van der Waals surface area contributed by atoms with E-state index in [0.29, 0.717) is 25.2 Å². The number of aliphatic hydroxyl groups excluding tert-OH is 3. The fraction of sp³-hybridized carbons (Fsp3) is 0.962. The minimum Gasteiger partial charge on any atom is -0.393 e. The molecule has 7 nitrogen and oxygen atoms in total. The van der Waals surface area contributed by atoms with Gasteiger partial charge >= 0.3 is 0 Å². The second kappa shape index (κ2) is 10.2. The fourth-order valence-electron chi connectivity index (χ4n) is 9.01. The zero-order chi connectivity index (χ0) is 25.8. The van der Waals surface area contributed by atoms with Crippen LogP contribution in [-0.2, 0) is 14.9 Å². The van der Waals surface area contributed by atoms with Crippen molar-refractivity contribution >= 4 is 27.0 Å². The molecule has 0 aromatic heterocycles. The molecular weight excluding hydrogens is 488 g/mol. The Bertz CT molecular complexity index is 894. The van der Waals surface area contributed by atoms with Gasteiger partial charge in [-0.3, -0.25) is 9.35 Å². The summed E-state index contributed by atoms with van der Waals surface area (Å²) in [6.07, 6.45) is 5.85. The molecule has 4 saturated carbocycles. The molecule has 4 aliphatic carbocycles. The first-order valence-corrected chi connectivity index (χ1v) is 16.0. The standard InChI is InChI=1S/C26H44O7S2/c1-15(4-7-23(30)34-10-11-35(31,32)33)18-5-6-19-24-20(14-22(29)26(18,19)3)25(2)9-8-17(27)12-16(25)13-21(24)28/h15-22,24,27-29H,4-14H2,1-3H3,(H,31,32,33)/t15?,16?,17-,18-,19?,20?,21-,22+,24?,25+,26-/m1/s1. The van der Waals surface area contributed by atoms with E-state index in [-0.39, 0.29) is 57.4 Å². The zero-order valence-corrected chi connectivity index (χ0v) is 22.9. The molecule has 0 radical (unpaired) electrons. The third kappa shape index (κ3) is 5.24. The number of aliphatic hydroxyl groups is 3. The lowest BCUT2D eigenvalue weighted by molar-refractivity contribution is -0.207. The highest BCUT2D eigenvalue weighted by molar-refractivity contribution is 8.14. The third-order valence-electron chi connectivity index (χ3n) is 10.9. The molecule has 0 aliphatic heterocycles. The monoisotopic (exact) mass is 532 g/mol. The Morgan fingerprint density at radius 3 is 2.46 bits per heavy atom. The van der Waals surface area contributed by atoms with E-state index in [1.165, 1.54) is 0 Å². The van der Waals surface area contributed by atoms with Crippen molar-refractivity contribution in [3.63, 3.8) is 0 Å². The van der Waals surface area contributed by atoms with Crippen molar-refractivity contribution in [1.29, 1.82) is 0 Å². The van der Waals surface area contributed by atoms with E-state index in [4.69, 9.17) is 4.55 Å². The molecule has 202 valence electrons. The average molecular weight is 533 g/mol. The van der Waals surface area contributed by atoms with Crippen LogP contribution in [0.5, 0.6) is 0 Å². The molecule has 4 N–H and O–H groups in total. The molecule has 4 aliphatic rings. The summed E-state index contributed by atoms with van der Waals surface area (Å²) in [6, 6.07) is 0. The lowest BCUT2D eigenvalue weighted by atomic mass is 9.43. The van der Waals surface area contributed by atoms with Crippen LogP contribution in [0.1, 0.15) is 78.6 Å². The Balaban J connectivity index is 1.43. The molecule has 0 bridgehead atoms. The predicted octanol–water partition coefficient (Wildman–Crippen LogP) is 3.51. The number of hydrogen-bond donors (Lipinski definition) is 4. The summed E-state index contributed by atoms with van der Waals surface area (Å²) in [6.45, 7) is 6.70. The summed E-state index contributed by atoms with van der Waals surface area (Å²) in [5.74, 6) is 1.15. The molecule has 0 amide bonds. The van der Waals surface area contributed by atoms with Gasteiger partial charge in [0.2, 0.25) is 0 Å². The van der Waals surface area contributed by atoms with E-state index in [1.54, 1.807) is 0 Å². The Hall–Kier alpha value is -0.190. The van der Waals surface area contributed by atoms with Crippen molar-refractivity contribution < 1.29 is 33.1 Å².